The number of hydrogen-bond acceptors (Lipinski definition) is 4. The van der Waals surface area contributed by atoms with E-state index in [2.05, 4.69) is 79.7 Å². The van der Waals surface area contributed by atoms with Crippen LogP contribution in [0.3, 0.4) is 0 Å². The first kappa shape index (κ1) is 29.9. The number of ether oxygens (including phenoxy) is 4. The first-order valence-corrected chi connectivity index (χ1v) is 15.4. The summed E-state index contributed by atoms with van der Waals surface area (Å²) in [6, 6.07) is 9.27. The van der Waals surface area contributed by atoms with Crippen LogP contribution in [0.2, 0.25) is 0 Å². The number of rotatable bonds is 16. The molecular formula is C35H52O4. The Morgan fingerprint density at radius 1 is 0.692 bits per heavy atom. The van der Waals surface area contributed by atoms with Crippen LogP contribution in [0.15, 0.2) is 24.3 Å². The maximum Gasteiger partial charge on any atom is 0.125 e. The zero-order chi connectivity index (χ0) is 28.2. The van der Waals surface area contributed by atoms with E-state index in [1.54, 1.807) is 0 Å². The highest BCUT2D eigenvalue weighted by atomic mass is 16.6. The molecule has 39 heavy (non-hydrogen) atoms. The van der Waals surface area contributed by atoms with Crippen molar-refractivity contribution in [1.82, 2.24) is 0 Å². The summed E-state index contributed by atoms with van der Waals surface area (Å²) >= 11 is 0. The van der Waals surface area contributed by atoms with Crippen molar-refractivity contribution in [2.24, 2.45) is 11.8 Å². The fraction of sp³-hybridized carbons (Fsp3) is 0.657. The molecule has 4 unspecified atom stereocenters. The van der Waals surface area contributed by atoms with Crippen molar-refractivity contribution in [2.45, 2.75) is 112 Å². The smallest absolute Gasteiger partial charge is 0.125 e. The van der Waals surface area contributed by atoms with Crippen LogP contribution in [-0.4, -0.2) is 38.6 Å². The zero-order valence-electron chi connectivity index (χ0n) is 25.8. The van der Waals surface area contributed by atoms with E-state index in [1.807, 2.05) is 0 Å². The van der Waals surface area contributed by atoms with Crippen molar-refractivity contribution in [3.8, 4) is 11.5 Å². The van der Waals surface area contributed by atoms with Gasteiger partial charge in [0, 0.05) is 5.41 Å². The molecule has 2 saturated heterocycles. The summed E-state index contributed by atoms with van der Waals surface area (Å²) in [4.78, 5) is 0. The van der Waals surface area contributed by atoms with Crippen molar-refractivity contribution in [2.75, 3.05) is 26.4 Å². The molecule has 4 nitrogen and oxygen atoms in total. The predicted octanol–water partition coefficient (Wildman–Crippen LogP) is 8.41. The van der Waals surface area contributed by atoms with Crippen molar-refractivity contribution in [1.29, 1.82) is 0 Å². The van der Waals surface area contributed by atoms with Crippen LogP contribution in [0, 0.1) is 39.5 Å². The minimum absolute atomic E-state index is 0.126. The Morgan fingerprint density at radius 2 is 1.03 bits per heavy atom. The second-order valence-corrected chi connectivity index (χ2v) is 12.6. The Labute approximate surface area is 237 Å². The summed E-state index contributed by atoms with van der Waals surface area (Å²) in [6.07, 6.45) is 7.87. The molecule has 2 aromatic carbocycles. The third kappa shape index (κ3) is 7.58. The van der Waals surface area contributed by atoms with Crippen molar-refractivity contribution in [3.05, 3.63) is 57.6 Å². The van der Waals surface area contributed by atoms with Gasteiger partial charge in [0.25, 0.3) is 0 Å². The van der Waals surface area contributed by atoms with Crippen LogP contribution in [-0.2, 0) is 14.9 Å². The molecule has 0 amide bonds. The minimum Gasteiger partial charge on any atom is -0.493 e. The highest BCUT2D eigenvalue weighted by molar-refractivity contribution is 5.52. The molecule has 0 radical (unpaired) electrons. The van der Waals surface area contributed by atoms with Gasteiger partial charge in [-0.3, -0.25) is 0 Å². The molecule has 0 aliphatic carbocycles. The van der Waals surface area contributed by atoms with Gasteiger partial charge in [0.1, 0.15) is 11.5 Å². The van der Waals surface area contributed by atoms with E-state index in [0.717, 1.165) is 50.8 Å². The topological polar surface area (TPSA) is 43.5 Å². The highest BCUT2D eigenvalue weighted by Gasteiger charge is 2.32. The number of hydrogen-bond donors (Lipinski definition) is 0. The SMILES string of the molecule is CCC(CCCOc1c(C)cc(C(C)(C)c2cc(C)c(OCCCC(CC)C3CO3)c(C)c2)cc1C)C1CO1. The van der Waals surface area contributed by atoms with Gasteiger partial charge in [0.15, 0.2) is 0 Å². The fourth-order valence-electron chi connectivity index (χ4n) is 6.25. The second-order valence-electron chi connectivity index (χ2n) is 12.6. The fourth-order valence-corrected chi connectivity index (χ4v) is 6.25. The lowest BCUT2D eigenvalue weighted by molar-refractivity contribution is 0.261. The third-order valence-corrected chi connectivity index (χ3v) is 9.11. The molecule has 2 heterocycles. The van der Waals surface area contributed by atoms with Crippen LogP contribution in [0.5, 0.6) is 11.5 Å². The Kier molecular flexibility index (Phi) is 10.0. The lowest BCUT2D eigenvalue weighted by Crippen LogP contribution is -2.20. The molecule has 0 N–H and O–H groups in total. The molecule has 0 saturated carbocycles. The summed E-state index contributed by atoms with van der Waals surface area (Å²) in [6.45, 7) is 21.3. The van der Waals surface area contributed by atoms with E-state index in [4.69, 9.17) is 18.9 Å². The van der Waals surface area contributed by atoms with Crippen LogP contribution in [0.1, 0.15) is 99.6 Å². The van der Waals surface area contributed by atoms with Gasteiger partial charge in [-0.05, 0) is 98.6 Å². The molecule has 2 aliphatic heterocycles. The van der Waals surface area contributed by atoms with E-state index < -0.39 is 0 Å². The van der Waals surface area contributed by atoms with Crippen LogP contribution < -0.4 is 9.47 Å². The molecule has 4 heteroatoms. The van der Waals surface area contributed by atoms with Gasteiger partial charge in [-0.2, -0.15) is 0 Å². The monoisotopic (exact) mass is 536 g/mol. The van der Waals surface area contributed by atoms with Crippen LogP contribution in [0.4, 0.5) is 0 Å². The summed E-state index contributed by atoms with van der Waals surface area (Å²) in [7, 11) is 0. The van der Waals surface area contributed by atoms with Gasteiger partial charge in [0.05, 0.1) is 38.6 Å². The average Bonchev–Trinajstić information content (AvgIpc) is 3.80. The summed E-state index contributed by atoms with van der Waals surface area (Å²) in [5.74, 6) is 3.44. The maximum absolute atomic E-state index is 6.31. The normalized spacial score (nSPS) is 20.0. The second kappa shape index (κ2) is 13.1. The molecule has 0 bridgehead atoms. The Balaban J connectivity index is 1.38. The molecule has 0 spiro atoms. The summed E-state index contributed by atoms with van der Waals surface area (Å²) in [5.41, 5.74) is 7.37. The van der Waals surface area contributed by atoms with Gasteiger partial charge in [-0.15, -0.1) is 0 Å². The van der Waals surface area contributed by atoms with Gasteiger partial charge in [-0.1, -0.05) is 64.8 Å². The van der Waals surface area contributed by atoms with Crippen LogP contribution in [0.25, 0.3) is 0 Å². The lowest BCUT2D eigenvalue weighted by Gasteiger charge is -2.29. The van der Waals surface area contributed by atoms with Gasteiger partial charge in [-0.25, -0.2) is 0 Å². The molecule has 2 aromatic rings. The van der Waals surface area contributed by atoms with E-state index in [0.29, 0.717) is 24.0 Å². The van der Waals surface area contributed by atoms with E-state index >= 15 is 0 Å². The molecule has 4 atom stereocenters. The Hall–Kier alpha value is -2.04. The highest BCUT2D eigenvalue weighted by Crippen LogP contribution is 2.39. The minimum atomic E-state index is -0.126. The van der Waals surface area contributed by atoms with Crippen LogP contribution >= 0.6 is 0 Å². The van der Waals surface area contributed by atoms with Gasteiger partial charge < -0.3 is 18.9 Å². The average molecular weight is 537 g/mol. The molecule has 0 aromatic heterocycles. The Bertz CT molecular complexity index is 964. The number of aryl methyl sites for hydroxylation is 4. The van der Waals surface area contributed by atoms with E-state index in [9.17, 15) is 0 Å². The Morgan fingerprint density at radius 3 is 1.31 bits per heavy atom. The van der Waals surface area contributed by atoms with Crippen molar-refractivity contribution in [3.63, 3.8) is 0 Å². The largest absolute Gasteiger partial charge is 0.493 e. The number of benzene rings is 2. The van der Waals surface area contributed by atoms with E-state index in [1.165, 1.54) is 59.1 Å². The molecule has 216 valence electrons. The maximum atomic E-state index is 6.31. The molecule has 2 aliphatic rings. The quantitative estimate of drug-likeness (QED) is 0.160. The first-order chi connectivity index (χ1) is 18.6. The standard InChI is InChI=1S/C35H52O4/c1-9-27(31-21-38-31)13-11-15-36-33-23(3)17-29(18-24(33)4)35(7,8)30-19-25(5)34(26(6)20-30)37-16-12-14-28(10-2)32-22-39-32/h17-20,27-28,31-32H,9-16,21-22H2,1-8H3. The lowest BCUT2D eigenvalue weighted by atomic mass is 9.76. The third-order valence-electron chi connectivity index (χ3n) is 9.11. The first-order valence-electron chi connectivity index (χ1n) is 15.4. The molecule has 2 fully saturated rings. The summed E-state index contributed by atoms with van der Waals surface area (Å²) in [5, 5.41) is 0. The molecular weight excluding hydrogens is 484 g/mol. The van der Waals surface area contributed by atoms with E-state index in [-0.39, 0.29) is 5.41 Å². The number of epoxide rings is 2. The summed E-state index contributed by atoms with van der Waals surface area (Å²) < 4.78 is 23.6. The predicted molar refractivity (Wildman–Crippen MR) is 160 cm³/mol. The van der Waals surface area contributed by atoms with Crippen molar-refractivity contribution < 1.29 is 18.9 Å². The molecule has 4 rings (SSSR count). The zero-order valence-corrected chi connectivity index (χ0v) is 25.8. The van der Waals surface area contributed by atoms with Gasteiger partial charge in [0.2, 0.25) is 0 Å². The van der Waals surface area contributed by atoms with Crippen molar-refractivity contribution >= 4 is 0 Å². The van der Waals surface area contributed by atoms with Gasteiger partial charge >= 0.3 is 0 Å².